The molecular formula is C13H14O4. The number of ether oxygens (including phenoxy) is 2. The molecule has 0 atom stereocenters. The molecule has 0 fully saturated rings. The number of hydrogen-bond donors (Lipinski definition) is 2. The Balaban J connectivity index is 2.67. The van der Waals surface area contributed by atoms with Gasteiger partial charge in [-0.05, 0) is 25.1 Å². The summed E-state index contributed by atoms with van der Waals surface area (Å²) in [5.74, 6) is 0.971. The molecule has 0 bridgehead atoms. The average Bonchev–Trinajstić information content (AvgIpc) is 2.34. The van der Waals surface area contributed by atoms with Crippen LogP contribution in [0.4, 0.5) is 0 Å². The standard InChI is InChI=1S/C13H14O4/c1-3-17-8-4-5-9-10(6-8)11(14)7-12(16-2)13(9)15/h4-7,14-15H,3H2,1-2H3. The van der Waals surface area contributed by atoms with E-state index >= 15 is 0 Å². The van der Waals surface area contributed by atoms with E-state index in [1.54, 1.807) is 18.2 Å². The van der Waals surface area contributed by atoms with Crippen molar-refractivity contribution in [2.75, 3.05) is 13.7 Å². The summed E-state index contributed by atoms with van der Waals surface area (Å²) in [6.07, 6.45) is 0. The zero-order valence-corrected chi connectivity index (χ0v) is 9.73. The Kier molecular flexibility index (Phi) is 2.95. The Labute approximate surface area is 99.0 Å². The van der Waals surface area contributed by atoms with E-state index in [-0.39, 0.29) is 17.2 Å². The molecule has 0 saturated carbocycles. The van der Waals surface area contributed by atoms with Gasteiger partial charge in [-0.3, -0.25) is 0 Å². The van der Waals surface area contributed by atoms with E-state index in [2.05, 4.69) is 0 Å². The van der Waals surface area contributed by atoms with Crippen LogP contribution in [0.5, 0.6) is 23.0 Å². The fraction of sp³-hybridized carbons (Fsp3) is 0.231. The van der Waals surface area contributed by atoms with Crippen molar-refractivity contribution in [3.8, 4) is 23.0 Å². The molecule has 0 heterocycles. The molecule has 0 aliphatic heterocycles. The maximum Gasteiger partial charge on any atom is 0.165 e. The van der Waals surface area contributed by atoms with Gasteiger partial charge >= 0.3 is 0 Å². The van der Waals surface area contributed by atoms with Gasteiger partial charge < -0.3 is 19.7 Å². The predicted molar refractivity (Wildman–Crippen MR) is 65.0 cm³/mol. The van der Waals surface area contributed by atoms with E-state index in [0.717, 1.165) is 0 Å². The fourth-order valence-corrected chi connectivity index (χ4v) is 1.76. The summed E-state index contributed by atoms with van der Waals surface area (Å²) >= 11 is 0. The number of methoxy groups -OCH3 is 1. The van der Waals surface area contributed by atoms with E-state index in [0.29, 0.717) is 23.1 Å². The normalized spacial score (nSPS) is 10.5. The Morgan fingerprint density at radius 1 is 1.12 bits per heavy atom. The number of fused-ring (bicyclic) bond motifs is 1. The van der Waals surface area contributed by atoms with Gasteiger partial charge in [-0.2, -0.15) is 0 Å². The van der Waals surface area contributed by atoms with Crippen LogP contribution < -0.4 is 9.47 Å². The van der Waals surface area contributed by atoms with Crippen molar-refractivity contribution in [2.24, 2.45) is 0 Å². The van der Waals surface area contributed by atoms with Gasteiger partial charge in [0, 0.05) is 16.8 Å². The monoisotopic (exact) mass is 234 g/mol. The number of aromatic hydroxyl groups is 2. The zero-order valence-electron chi connectivity index (χ0n) is 9.73. The van der Waals surface area contributed by atoms with E-state index in [1.165, 1.54) is 13.2 Å². The highest BCUT2D eigenvalue weighted by Gasteiger charge is 2.12. The van der Waals surface area contributed by atoms with Crippen molar-refractivity contribution in [3.63, 3.8) is 0 Å². The minimum absolute atomic E-state index is 0.0170. The molecule has 4 nitrogen and oxygen atoms in total. The Bertz CT molecular complexity index is 549. The van der Waals surface area contributed by atoms with Gasteiger partial charge in [0.15, 0.2) is 11.5 Å². The molecule has 2 N–H and O–H groups in total. The molecule has 0 radical (unpaired) electrons. The van der Waals surface area contributed by atoms with Gasteiger partial charge in [0.05, 0.1) is 13.7 Å². The van der Waals surface area contributed by atoms with E-state index < -0.39 is 0 Å². The third kappa shape index (κ3) is 1.93. The summed E-state index contributed by atoms with van der Waals surface area (Å²) in [5.41, 5.74) is 0. The number of rotatable bonds is 3. The molecule has 0 saturated heterocycles. The van der Waals surface area contributed by atoms with Crippen LogP contribution in [0.3, 0.4) is 0 Å². The molecule has 0 aliphatic carbocycles. The average molecular weight is 234 g/mol. The maximum absolute atomic E-state index is 9.92. The van der Waals surface area contributed by atoms with Crippen LogP contribution in [0.1, 0.15) is 6.92 Å². The molecule has 2 rings (SSSR count). The van der Waals surface area contributed by atoms with Gasteiger partial charge in [-0.15, -0.1) is 0 Å². The lowest BCUT2D eigenvalue weighted by Crippen LogP contribution is -1.91. The van der Waals surface area contributed by atoms with Gasteiger partial charge in [-0.1, -0.05) is 0 Å². The van der Waals surface area contributed by atoms with Gasteiger partial charge in [-0.25, -0.2) is 0 Å². The van der Waals surface area contributed by atoms with Crippen molar-refractivity contribution < 1.29 is 19.7 Å². The molecular weight excluding hydrogens is 220 g/mol. The summed E-state index contributed by atoms with van der Waals surface area (Å²) in [6.45, 7) is 2.43. The van der Waals surface area contributed by atoms with Gasteiger partial charge in [0.25, 0.3) is 0 Å². The summed E-state index contributed by atoms with van der Waals surface area (Å²) in [5, 5.41) is 20.8. The lowest BCUT2D eigenvalue weighted by Gasteiger charge is -2.10. The smallest absolute Gasteiger partial charge is 0.165 e. The number of phenols is 2. The second-order valence-corrected chi connectivity index (χ2v) is 3.59. The highest BCUT2D eigenvalue weighted by atomic mass is 16.5. The Morgan fingerprint density at radius 2 is 1.88 bits per heavy atom. The van der Waals surface area contributed by atoms with Crippen LogP contribution in [0, 0.1) is 0 Å². The minimum atomic E-state index is 0.0170. The molecule has 0 amide bonds. The largest absolute Gasteiger partial charge is 0.507 e. The number of hydrogen-bond acceptors (Lipinski definition) is 4. The van der Waals surface area contributed by atoms with Crippen molar-refractivity contribution in [2.45, 2.75) is 6.92 Å². The third-order valence-electron chi connectivity index (χ3n) is 2.55. The molecule has 2 aromatic rings. The zero-order chi connectivity index (χ0) is 12.4. The lowest BCUT2D eigenvalue weighted by molar-refractivity contribution is 0.340. The maximum atomic E-state index is 9.92. The first-order valence-corrected chi connectivity index (χ1v) is 5.32. The van der Waals surface area contributed by atoms with Crippen LogP contribution in [-0.2, 0) is 0 Å². The molecule has 4 heteroatoms. The molecule has 0 aromatic heterocycles. The van der Waals surface area contributed by atoms with E-state index in [4.69, 9.17) is 9.47 Å². The van der Waals surface area contributed by atoms with Crippen LogP contribution in [0.25, 0.3) is 10.8 Å². The topological polar surface area (TPSA) is 58.9 Å². The number of phenolic OH excluding ortho intramolecular Hbond substituents is 2. The van der Waals surface area contributed by atoms with Crippen molar-refractivity contribution >= 4 is 10.8 Å². The van der Waals surface area contributed by atoms with Crippen molar-refractivity contribution in [1.82, 2.24) is 0 Å². The highest BCUT2D eigenvalue weighted by molar-refractivity contribution is 5.96. The first kappa shape index (κ1) is 11.4. The van der Waals surface area contributed by atoms with Crippen LogP contribution in [0.15, 0.2) is 24.3 Å². The first-order chi connectivity index (χ1) is 8.17. The molecule has 90 valence electrons. The van der Waals surface area contributed by atoms with Crippen molar-refractivity contribution in [1.29, 1.82) is 0 Å². The summed E-state index contributed by atoms with van der Waals surface area (Å²) in [6, 6.07) is 6.50. The fourth-order valence-electron chi connectivity index (χ4n) is 1.76. The van der Waals surface area contributed by atoms with Gasteiger partial charge in [0.1, 0.15) is 11.5 Å². The number of benzene rings is 2. The first-order valence-electron chi connectivity index (χ1n) is 5.32. The molecule has 0 aliphatic rings. The van der Waals surface area contributed by atoms with E-state index in [9.17, 15) is 10.2 Å². The Morgan fingerprint density at radius 3 is 2.53 bits per heavy atom. The van der Waals surface area contributed by atoms with Gasteiger partial charge in [0.2, 0.25) is 0 Å². The lowest BCUT2D eigenvalue weighted by atomic mass is 10.1. The van der Waals surface area contributed by atoms with Crippen LogP contribution in [0.2, 0.25) is 0 Å². The Hall–Kier alpha value is -2.10. The molecule has 17 heavy (non-hydrogen) atoms. The van der Waals surface area contributed by atoms with Crippen molar-refractivity contribution in [3.05, 3.63) is 24.3 Å². The van der Waals surface area contributed by atoms with Crippen LogP contribution >= 0.6 is 0 Å². The minimum Gasteiger partial charge on any atom is -0.507 e. The molecule has 0 spiro atoms. The second-order valence-electron chi connectivity index (χ2n) is 3.59. The van der Waals surface area contributed by atoms with E-state index in [1.807, 2.05) is 6.92 Å². The van der Waals surface area contributed by atoms with Crippen LogP contribution in [-0.4, -0.2) is 23.9 Å². The molecule has 2 aromatic carbocycles. The predicted octanol–water partition coefficient (Wildman–Crippen LogP) is 2.66. The molecule has 0 unspecified atom stereocenters. The summed E-state index contributed by atoms with van der Waals surface area (Å²) in [4.78, 5) is 0. The third-order valence-corrected chi connectivity index (χ3v) is 2.55. The summed E-state index contributed by atoms with van der Waals surface area (Å²) < 4.78 is 10.3. The highest BCUT2D eigenvalue weighted by Crippen LogP contribution is 2.41. The quantitative estimate of drug-likeness (QED) is 0.801. The SMILES string of the molecule is CCOc1ccc2c(O)c(OC)cc(O)c2c1. The summed E-state index contributed by atoms with van der Waals surface area (Å²) in [7, 11) is 1.44. The second kappa shape index (κ2) is 4.41.